The summed E-state index contributed by atoms with van der Waals surface area (Å²) in [6.45, 7) is 9.18. The van der Waals surface area contributed by atoms with Gasteiger partial charge < -0.3 is 7.43 Å². The van der Waals surface area contributed by atoms with Crippen molar-refractivity contribution in [1.82, 2.24) is 0 Å². The topological polar surface area (TPSA) is 0 Å². The first-order valence-corrected chi connectivity index (χ1v) is 3.59. The van der Waals surface area contributed by atoms with Crippen LogP contribution in [0.4, 0.5) is 0 Å². The van der Waals surface area contributed by atoms with Crippen LogP contribution in [0.15, 0.2) is 35.9 Å². The van der Waals surface area contributed by atoms with Crippen LogP contribution in [0.1, 0.15) is 20.8 Å². The van der Waals surface area contributed by atoms with Crippen molar-refractivity contribution >= 4 is 11.6 Å². The standard InChI is InChI=1S/C5H8.C4H7Cl.CH3.U/c1-3-5-4-2;1-3-4(2)5;;/h3-5H,1H2,2H3;3H,1-2H3;1H3;/q;;-1;/b5-4-;4-3-;;. The van der Waals surface area contributed by atoms with Crippen molar-refractivity contribution < 1.29 is 31.1 Å². The molecule has 70 valence electrons. The van der Waals surface area contributed by atoms with Crippen LogP contribution in [0.5, 0.6) is 0 Å². The summed E-state index contributed by atoms with van der Waals surface area (Å²) in [4.78, 5) is 0. The van der Waals surface area contributed by atoms with E-state index in [1.807, 2.05) is 39.0 Å². The van der Waals surface area contributed by atoms with Crippen molar-refractivity contribution in [2.45, 2.75) is 20.8 Å². The molecule has 0 saturated carbocycles. The summed E-state index contributed by atoms with van der Waals surface area (Å²) in [7, 11) is 0. The Morgan fingerprint density at radius 1 is 1.33 bits per heavy atom. The largest absolute Gasteiger partial charge is 0.358 e. The fourth-order valence-corrected chi connectivity index (χ4v) is 0.136. The van der Waals surface area contributed by atoms with Crippen molar-refractivity contribution in [3.8, 4) is 0 Å². The zero-order valence-electron chi connectivity index (χ0n) is 8.39. The van der Waals surface area contributed by atoms with E-state index in [0.29, 0.717) is 0 Å². The second-order valence-electron chi connectivity index (χ2n) is 1.64. The van der Waals surface area contributed by atoms with Gasteiger partial charge in [0.1, 0.15) is 0 Å². The van der Waals surface area contributed by atoms with E-state index in [1.165, 1.54) is 0 Å². The van der Waals surface area contributed by atoms with Crippen molar-refractivity contribution in [3.63, 3.8) is 0 Å². The van der Waals surface area contributed by atoms with Gasteiger partial charge in [-0.15, -0.1) is 0 Å². The molecule has 0 radical (unpaired) electrons. The van der Waals surface area contributed by atoms with Crippen molar-refractivity contribution in [2.24, 2.45) is 0 Å². The first kappa shape index (κ1) is 22.9. The summed E-state index contributed by atoms with van der Waals surface area (Å²) in [6.07, 6.45) is 7.43. The predicted molar refractivity (Wildman–Crippen MR) is 56.7 cm³/mol. The van der Waals surface area contributed by atoms with Crippen molar-refractivity contribution in [1.29, 1.82) is 0 Å². The van der Waals surface area contributed by atoms with Gasteiger partial charge in [0.2, 0.25) is 0 Å². The van der Waals surface area contributed by atoms with Crippen molar-refractivity contribution in [2.75, 3.05) is 0 Å². The molecule has 0 aromatic rings. The Hall–Kier alpha value is 0.562. The fourth-order valence-electron chi connectivity index (χ4n) is 0.136. The van der Waals surface area contributed by atoms with Gasteiger partial charge in [-0.2, -0.15) is 0 Å². The third kappa shape index (κ3) is 46.4. The molecule has 0 fully saturated rings. The molecule has 12 heavy (non-hydrogen) atoms. The number of hydrogen-bond acceptors (Lipinski definition) is 0. The van der Waals surface area contributed by atoms with E-state index < -0.39 is 0 Å². The SMILES string of the molecule is C/C=C(/C)Cl.C=C/C=C\C.[CH3-].[U]. The first-order valence-electron chi connectivity index (χ1n) is 3.21. The summed E-state index contributed by atoms with van der Waals surface area (Å²) in [5.41, 5.74) is 0. The van der Waals surface area contributed by atoms with Crippen LogP contribution in [0.3, 0.4) is 0 Å². The molecule has 0 atom stereocenters. The average molecular weight is 412 g/mol. The van der Waals surface area contributed by atoms with Crippen LogP contribution in [0, 0.1) is 38.5 Å². The van der Waals surface area contributed by atoms with Gasteiger partial charge in [-0.05, 0) is 20.8 Å². The van der Waals surface area contributed by atoms with E-state index in [2.05, 4.69) is 6.58 Å². The van der Waals surface area contributed by atoms with Crippen LogP contribution in [0.2, 0.25) is 0 Å². The van der Waals surface area contributed by atoms with Crippen LogP contribution < -0.4 is 0 Å². The Morgan fingerprint density at radius 3 is 1.67 bits per heavy atom. The van der Waals surface area contributed by atoms with Gasteiger partial charge in [0.05, 0.1) is 0 Å². The molecule has 0 aliphatic carbocycles. The Balaban J connectivity index is -0.0000000457. The normalized spacial score (nSPS) is 8.83. The molecule has 0 bridgehead atoms. The molecular formula is C10H18ClU-. The van der Waals surface area contributed by atoms with Crippen LogP contribution in [-0.2, 0) is 0 Å². The predicted octanol–water partition coefficient (Wildman–Crippen LogP) is 4.35. The monoisotopic (exact) mass is 411 g/mol. The first-order chi connectivity index (χ1) is 4.68. The minimum Gasteiger partial charge on any atom is -0.358 e. The second kappa shape index (κ2) is 22.6. The molecule has 0 aliphatic rings. The maximum absolute atomic E-state index is 5.32. The summed E-state index contributed by atoms with van der Waals surface area (Å²) < 4.78 is 0. The molecular weight excluding hydrogens is 394 g/mol. The van der Waals surface area contributed by atoms with Gasteiger partial charge in [0, 0.05) is 36.1 Å². The third-order valence-corrected chi connectivity index (χ3v) is 0.945. The maximum atomic E-state index is 5.32. The molecule has 0 heterocycles. The Kier molecular flexibility index (Phi) is 43.1. The van der Waals surface area contributed by atoms with Gasteiger partial charge in [-0.3, -0.25) is 0 Å². The quantitative estimate of drug-likeness (QED) is 0.444. The summed E-state index contributed by atoms with van der Waals surface area (Å²) in [6, 6.07) is 0. The van der Waals surface area contributed by atoms with E-state index in [0.717, 1.165) is 5.03 Å². The molecule has 0 N–H and O–H groups in total. The molecule has 0 amide bonds. The average Bonchev–Trinajstić information content (AvgIpc) is 1.91. The van der Waals surface area contributed by atoms with Gasteiger partial charge in [-0.1, -0.05) is 42.5 Å². The van der Waals surface area contributed by atoms with E-state index >= 15 is 0 Å². The smallest absolute Gasteiger partial charge is 0.0107 e. The molecule has 0 unspecified atom stereocenters. The summed E-state index contributed by atoms with van der Waals surface area (Å²) in [5.74, 6) is 0. The third-order valence-electron chi connectivity index (χ3n) is 0.726. The Morgan fingerprint density at radius 2 is 1.67 bits per heavy atom. The molecule has 0 rings (SSSR count). The van der Waals surface area contributed by atoms with Crippen LogP contribution in [0.25, 0.3) is 0 Å². The molecule has 0 aromatic heterocycles. The van der Waals surface area contributed by atoms with E-state index in [9.17, 15) is 0 Å². The summed E-state index contributed by atoms with van der Waals surface area (Å²) >= 11 is 5.32. The maximum Gasteiger partial charge on any atom is 0.0107 e. The zero-order chi connectivity index (χ0) is 8.41. The second-order valence-corrected chi connectivity index (χ2v) is 2.23. The van der Waals surface area contributed by atoms with Gasteiger partial charge in [0.15, 0.2) is 0 Å². The summed E-state index contributed by atoms with van der Waals surface area (Å²) in [5, 5.41) is 0.852. The minimum atomic E-state index is 0. The molecule has 0 spiro atoms. The molecule has 0 nitrogen and oxygen atoms in total. The molecule has 0 aromatic carbocycles. The number of rotatable bonds is 1. The van der Waals surface area contributed by atoms with E-state index in [1.54, 1.807) is 6.08 Å². The van der Waals surface area contributed by atoms with Crippen molar-refractivity contribution in [3.05, 3.63) is 43.3 Å². The Labute approximate surface area is 106 Å². The molecule has 0 aliphatic heterocycles. The fraction of sp³-hybridized carbons (Fsp3) is 0.300. The Bertz CT molecular complexity index is 122. The molecule has 2 heteroatoms. The van der Waals surface area contributed by atoms with Crippen LogP contribution >= 0.6 is 11.6 Å². The zero-order valence-corrected chi connectivity index (χ0v) is 13.3. The minimum absolute atomic E-state index is 0. The molecule has 0 saturated heterocycles. The van der Waals surface area contributed by atoms with Gasteiger partial charge in [-0.25, -0.2) is 0 Å². The van der Waals surface area contributed by atoms with Gasteiger partial charge >= 0.3 is 0 Å². The number of halogens is 1. The number of hydrogen-bond donors (Lipinski definition) is 0. The van der Waals surface area contributed by atoms with Gasteiger partial charge in [0.25, 0.3) is 0 Å². The van der Waals surface area contributed by atoms with E-state index in [4.69, 9.17) is 11.6 Å². The van der Waals surface area contributed by atoms with Crippen LogP contribution in [-0.4, -0.2) is 0 Å². The number of allylic oxidation sites excluding steroid dienone is 5. The van der Waals surface area contributed by atoms with E-state index in [-0.39, 0.29) is 38.5 Å².